The van der Waals surface area contributed by atoms with Gasteiger partial charge in [-0.25, -0.2) is 14.1 Å². The SMILES string of the molecule is O=CN(C(=O)Nc1ccc2c(c1)OCO2)c1ccc(F)c(C(F)(F)F)c1. The van der Waals surface area contributed by atoms with Gasteiger partial charge in [0.25, 0.3) is 0 Å². The third kappa shape index (κ3) is 3.39. The number of alkyl halides is 3. The first-order valence-electron chi connectivity index (χ1n) is 7.11. The highest BCUT2D eigenvalue weighted by molar-refractivity contribution is 6.12. The van der Waals surface area contributed by atoms with E-state index in [1.807, 2.05) is 0 Å². The van der Waals surface area contributed by atoms with Crippen LogP contribution >= 0.6 is 0 Å². The van der Waals surface area contributed by atoms with Gasteiger partial charge >= 0.3 is 12.2 Å². The molecule has 1 aliphatic heterocycles. The van der Waals surface area contributed by atoms with Crippen LogP contribution in [0.3, 0.4) is 0 Å². The number of ether oxygens (including phenoxy) is 2. The molecule has 26 heavy (non-hydrogen) atoms. The highest BCUT2D eigenvalue weighted by Crippen LogP contribution is 2.35. The number of fused-ring (bicyclic) bond motifs is 1. The predicted octanol–water partition coefficient (Wildman–Crippen LogP) is 3.77. The Hall–Kier alpha value is -3.30. The van der Waals surface area contributed by atoms with Gasteiger partial charge in [0.2, 0.25) is 13.2 Å². The van der Waals surface area contributed by atoms with E-state index in [2.05, 4.69) is 5.32 Å². The molecule has 3 amide bonds. The monoisotopic (exact) mass is 370 g/mol. The summed E-state index contributed by atoms with van der Waals surface area (Å²) in [6, 6.07) is 5.17. The fraction of sp³-hybridized carbons (Fsp3) is 0.125. The molecule has 0 radical (unpaired) electrons. The van der Waals surface area contributed by atoms with Crippen molar-refractivity contribution in [2.24, 2.45) is 0 Å². The Balaban J connectivity index is 1.84. The van der Waals surface area contributed by atoms with Crippen LogP contribution in [-0.4, -0.2) is 19.2 Å². The molecule has 0 unspecified atom stereocenters. The Morgan fingerprint density at radius 2 is 1.85 bits per heavy atom. The van der Waals surface area contributed by atoms with Crippen molar-refractivity contribution in [3.8, 4) is 11.5 Å². The second-order valence-electron chi connectivity index (χ2n) is 5.14. The molecule has 1 N–H and O–H groups in total. The van der Waals surface area contributed by atoms with Gasteiger partial charge in [-0.1, -0.05) is 0 Å². The minimum Gasteiger partial charge on any atom is -0.454 e. The van der Waals surface area contributed by atoms with Crippen LogP contribution in [0.25, 0.3) is 0 Å². The van der Waals surface area contributed by atoms with Gasteiger partial charge in [-0.15, -0.1) is 0 Å². The summed E-state index contributed by atoms with van der Waals surface area (Å²) in [4.78, 5) is 23.8. The number of anilines is 2. The molecule has 10 heteroatoms. The number of carbonyl (C=O) groups is 2. The van der Waals surface area contributed by atoms with Gasteiger partial charge in [0.05, 0.1) is 11.3 Å². The van der Waals surface area contributed by atoms with E-state index in [1.54, 1.807) is 0 Å². The number of nitrogens with zero attached hydrogens (tertiary/aromatic N) is 1. The average Bonchev–Trinajstić information content (AvgIpc) is 3.03. The van der Waals surface area contributed by atoms with Crippen LogP contribution in [0.5, 0.6) is 11.5 Å². The number of urea groups is 1. The number of imide groups is 1. The van der Waals surface area contributed by atoms with Crippen LogP contribution in [0, 0.1) is 5.82 Å². The fourth-order valence-electron chi connectivity index (χ4n) is 2.26. The lowest BCUT2D eigenvalue weighted by Crippen LogP contribution is -2.34. The Labute approximate surface area is 143 Å². The van der Waals surface area contributed by atoms with Crippen molar-refractivity contribution in [1.29, 1.82) is 0 Å². The Kier molecular flexibility index (Phi) is 4.41. The molecule has 2 aromatic rings. The summed E-state index contributed by atoms with van der Waals surface area (Å²) in [6.07, 6.45) is -4.95. The first kappa shape index (κ1) is 17.5. The number of nitrogens with one attached hydrogen (secondary N) is 1. The number of hydrogen-bond acceptors (Lipinski definition) is 4. The molecule has 0 aliphatic carbocycles. The molecule has 2 aromatic carbocycles. The van der Waals surface area contributed by atoms with E-state index in [-0.39, 0.29) is 18.9 Å². The van der Waals surface area contributed by atoms with Crippen molar-refractivity contribution < 1.29 is 36.6 Å². The summed E-state index contributed by atoms with van der Waals surface area (Å²) < 4.78 is 62.0. The number of carbonyl (C=O) groups excluding carboxylic acids is 2. The molecule has 3 rings (SSSR count). The first-order chi connectivity index (χ1) is 12.3. The van der Waals surface area contributed by atoms with Gasteiger partial charge < -0.3 is 14.8 Å². The van der Waals surface area contributed by atoms with Gasteiger partial charge in [-0.2, -0.15) is 13.2 Å². The van der Waals surface area contributed by atoms with Crippen molar-refractivity contribution in [3.63, 3.8) is 0 Å². The van der Waals surface area contributed by atoms with E-state index in [1.165, 1.54) is 18.2 Å². The third-order valence-corrected chi connectivity index (χ3v) is 3.48. The number of benzene rings is 2. The predicted molar refractivity (Wildman–Crippen MR) is 81.5 cm³/mol. The summed E-state index contributed by atoms with van der Waals surface area (Å²) in [7, 11) is 0. The number of amides is 3. The maximum atomic E-state index is 13.4. The molecule has 1 aliphatic rings. The quantitative estimate of drug-likeness (QED) is 0.660. The van der Waals surface area contributed by atoms with Crippen molar-refractivity contribution in [2.75, 3.05) is 17.0 Å². The summed E-state index contributed by atoms with van der Waals surface area (Å²) in [6.45, 7) is 0.0169. The molecule has 0 fully saturated rings. The normalized spacial score (nSPS) is 12.6. The zero-order valence-electron chi connectivity index (χ0n) is 12.8. The molecule has 0 saturated carbocycles. The van der Waals surface area contributed by atoms with Gasteiger partial charge in [-0.3, -0.25) is 4.79 Å². The minimum atomic E-state index is -4.97. The molecule has 0 bridgehead atoms. The molecule has 0 saturated heterocycles. The third-order valence-electron chi connectivity index (χ3n) is 3.48. The van der Waals surface area contributed by atoms with Crippen molar-refractivity contribution in [3.05, 3.63) is 47.8 Å². The van der Waals surface area contributed by atoms with Crippen LogP contribution in [0.1, 0.15) is 5.56 Å². The molecular weight excluding hydrogens is 360 g/mol. The molecule has 0 spiro atoms. The summed E-state index contributed by atoms with van der Waals surface area (Å²) in [5, 5.41) is 2.34. The Bertz CT molecular complexity index is 870. The summed E-state index contributed by atoms with van der Waals surface area (Å²) in [5.74, 6) is -0.687. The van der Waals surface area contributed by atoms with Gasteiger partial charge in [0.1, 0.15) is 5.82 Å². The zero-order chi connectivity index (χ0) is 18.9. The van der Waals surface area contributed by atoms with Crippen LogP contribution < -0.4 is 19.7 Å². The lowest BCUT2D eigenvalue weighted by Gasteiger charge is -2.18. The standard InChI is InChI=1S/C16H10F4N2O4/c17-12-3-2-10(6-11(12)16(18,19)20)22(7-23)15(24)21-9-1-4-13-14(5-9)26-8-25-13/h1-7H,8H2,(H,21,24). The number of rotatable bonds is 3. The molecule has 0 aromatic heterocycles. The fourth-order valence-corrected chi connectivity index (χ4v) is 2.26. The minimum absolute atomic E-state index is 0.0169. The van der Waals surface area contributed by atoms with Crippen molar-refractivity contribution in [1.82, 2.24) is 0 Å². The largest absolute Gasteiger partial charge is 0.454 e. The van der Waals surface area contributed by atoms with Crippen molar-refractivity contribution in [2.45, 2.75) is 6.18 Å². The summed E-state index contributed by atoms with van der Waals surface area (Å²) in [5.41, 5.74) is -1.80. The second-order valence-corrected chi connectivity index (χ2v) is 5.14. The van der Waals surface area contributed by atoms with Gasteiger partial charge in [0, 0.05) is 11.8 Å². The van der Waals surface area contributed by atoms with Crippen LogP contribution in [0.4, 0.5) is 33.7 Å². The summed E-state index contributed by atoms with van der Waals surface area (Å²) >= 11 is 0. The maximum absolute atomic E-state index is 13.4. The zero-order valence-corrected chi connectivity index (χ0v) is 12.8. The molecular formula is C16H10F4N2O4. The maximum Gasteiger partial charge on any atom is 0.419 e. The van der Waals surface area contributed by atoms with Gasteiger partial charge in [-0.05, 0) is 30.3 Å². The van der Waals surface area contributed by atoms with E-state index >= 15 is 0 Å². The van der Waals surface area contributed by atoms with E-state index in [4.69, 9.17) is 9.47 Å². The van der Waals surface area contributed by atoms with E-state index in [0.29, 0.717) is 28.5 Å². The molecule has 136 valence electrons. The molecule has 0 atom stereocenters. The van der Waals surface area contributed by atoms with Crippen LogP contribution in [0.2, 0.25) is 0 Å². The smallest absolute Gasteiger partial charge is 0.419 e. The first-order valence-corrected chi connectivity index (χ1v) is 7.11. The highest BCUT2D eigenvalue weighted by atomic mass is 19.4. The lowest BCUT2D eigenvalue weighted by atomic mass is 10.1. The number of hydrogen-bond donors (Lipinski definition) is 1. The van der Waals surface area contributed by atoms with Crippen LogP contribution in [0.15, 0.2) is 36.4 Å². The highest BCUT2D eigenvalue weighted by Gasteiger charge is 2.35. The van der Waals surface area contributed by atoms with Gasteiger partial charge in [0.15, 0.2) is 11.5 Å². The average molecular weight is 370 g/mol. The van der Waals surface area contributed by atoms with Crippen LogP contribution in [-0.2, 0) is 11.0 Å². The van der Waals surface area contributed by atoms with E-state index in [9.17, 15) is 27.2 Å². The topological polar surface area (TPSA) is 67.9 Å². The Morgan fingerprint density at radius 3 is 2.54 bits per heavy atom. The van der Waals surface area contributed by atoms with E-state index in [0.717, 1.165) is 6.07 Å². The molecule has 6 nitrogen and oxygen atoms in total. The van der Waals surface area contributed by atoms with E-state index < -0.39 is 29.3 Å². The second kappa shape index (κ2) is 6.54. The van der Waals surface area contributed by atoms with Crippen molar-refractivity contribution >= 4 is 23.8 Å². The Morgan fingerprint density at radius 1 is 1.12 bits per heavy atom. The lowest BCUT2D eigenvalue weighted by molar-refractivity contribution is -0.140. The number of halogens is 4. The molecule has 1 heterocycles.